The molecule has 2 aromatic heterocycles. The summed E-state index contributed by atoms with van der Waals surface area (Å²) in [5.41, 5.74) is 0.894. The number of Topliss-reactive ketones (excluding diaryl/α,β-unsaturated/α-hetero) is 1. The number of methoxy groups -OCH3 is 1. The van der Waals surface area contributed by atoms with E-state index in [0.29, 0.717) is 22.6 Å². The minimum absolute atomic E-state index is 0.0474. The molecular weight excluding hydrogens is 374 g/mol. The van der Waals surface area contributed by atoms with E-state index in [4.69, 9.17) is 9.26 Å². The number of aliphatic hydroxyl groups excluding tert-OH is 1. The van der Waals surface area contributed by atoms with Gasteiger partial charge in [-0.3, -0.25) is 19.5 Å². The van der Waals surface area contributed by atoms with Crippen LogP contribution in [0.2, 0.25) is 0 Å². The topological polar surface area (TPSA) is 106 Å². The maximum atomic E-state index is 12.9. The van der Waals surface area contributed by atoms with Crippen LogP contribution in [-0.4, -0.2) is 34.0 Å². The van der Waals surface area contributed by atoms with E-state index in [1.165, 1.54) is 18.2 Å². The molecule has 1 unspecified atom stereocenters. The number of carbonyl (C=O) groups is 2. The van der Waals surface area contributed by atoms with Gasteiger partial charge in [0.15, 0.2) is 5.82 Å². The third-order valence-electron chi connectivity index (χ3n) is 4.67. The fourth-order valence-corrected chi connectivity index (χ4v) is 3.29. The second-order valence-corrected chi connectivity index (χ2v) is 6.48. The number of aryl methyl sites for hydroxylation is 1. The Hall–Kier alpha value is -3.94. The molecular formula is C21H17N3O5. The van der Waals surface area contributed by atoms with Gasteiger partial charge < -0.3 is 14.4 Å². The van der Waals surface area contributed by atoms with Gasteiger partial charge in [0.2, 0.25) is 0 Å². The van der Waals surface area contributed by atoms with Gasteiger partial charge in [-0.2, -0.15) is 0 Å². The molecule has 1 atom stereocenters. The molecule has 1 aliphatic heterocycles. The lowest BCUT2D eigenvalue weighted by molar-refractivity contribution is -0.132. The first kappa shape index (κ1) is 18.4. The number of aromatic nitrogens is 2. The molecule has 0 saturated carbocycles. The Morgan fingerprint density at radius 1 is 1.21 bits per heavy atom. The predicted octanol–water partition coefficient (Wildman–Crippen LogP) is 3.01. The number of hydrogen-bond acceptors (Lipinski definition) is 7. The first-order valence-corrected chi connectivity index (χ1v) is 8.80. The zero-order chi connectivity index (χ0) is 20.5. The molecule has 3 heterocycles. The van der Waals surface area contributed by atoms with Gasteiger partial charge in [0.05, 0.1) is 18.7 Å². The minimum Gasteiger partial charge on any atom is -0.507 e. The summed E-state index contributed by atoms with van der Waals surface area (Å²) < 4.78 is 10.2. The van der Waals surface area contributed by atoms with E-state index >= 15 is 0 Å². The van der Waals surface area contributed by atoms with Gasteiger partial charge in [-0.15, -0.1) is 0 Å². The smallest absolute Gasteiger partial charge is 0.301 e. The number of pyridine rings is 1. The van der Waals surface area contributed by atoms with Crippen molar-refractivity contribution in [3.8, 4) is 5.75 Å². The van der Waals surface area contributed by atoms with Crippen LogP contribution in [0.25, 0.3) is 5.76 Å². The molecule has 8 heteroatoms. The molecule has 1 N–H and O–H groups in total. The zero-order valence-electron chi connectivity index (χ0n) is 15.7. The van der Waals surface area contributed by atoms with Gasteiger partial charge in [0.1, 0.15) is 17.3 Å². The van der Waals surface area contributed by atoms with Crippen molar-refractivity contribution in [2.24, 2.45) is 0 Å². The summed E-state index contributed by atoms with van der Waals surface area (Å²) in [6.45, 7) is 1.68. The van der Waals surface area contributed by atoms with Crippen LogP contribution in [0.3, 0.4) is 0 Å². The third-order valence-corrected chi connectivity index (χ3v) is 4.67. The van der Waals surface area contributed by atoms with Gasteiger partial charge in [-0.1, -0.05) is 11.2 Å². The molecule has 0 bridgehead atoms. The molecule has 1 amide bonds. The van der Waals surface area contributed by atoms with E-state index in [1.54, 1.807) is 55.6 Å². The maximum absolute atomic E-state index is 12.9. The molecule has 146 valence electrons. The highest BCUT2D eigenvalue weighted by atomic mass is 16.5. The average Bonchev–Trinajstić information content (AvgIpc) is 3.29. The first-order chi connectivity index (χ1) is 14.0. The van der Waals surface area contributed by atoms with Crippen LogP contribution in [0.1, 0.15) is 22.9 Å². The van der Waals surface area contributed by atoms with Gasteiger partial charge in [-0.05, 0) is 42.8 Å². The van der Waals surface area contributed by atoms with E-state index in [9.17, 15) is 14.7 Å². The van der Waals surface area contributed by atoms with Crippen molar-refractivity contribution in [1.82, 2.24) is 10.1 Å². The van der Waals surface area contributed by atoms with Gasteiger partial charge in [-0.25, -0.2) is 0 Å². The Balaban J connectivity index is 1.90. The molecule has 1 saturated heterocycles. The van der Waals surface area contributed by atoms with Crippen molar-refractivity contribution in [1.29, 1.82) is 0 Å². The summed E-state index contributed by atoms with van der Waals surface area (Å²) >= 11 is 0. The molecule has 8 nitrogen and oxygen atoms in total. The highest BCUT2D eigenvalue weighted by Gasteiger charge is 2.48. The second-order valence-electron chi connectivity index (χ2n) is 6.48. The molecule has 0 radical (unpaired) electrons. The average molecular weight is 391 g/mol. The van der Waals surface area contributed by atoms with E-state index in [2.05, 4.69) is 10.1 Å². The zero-order valence-corrected chi connectivity index (χ0v) is 15.7. The molecule has 0 aliphatic carbocycles. The number of amides is 1. The molecule has 0 spiro atoms. The monoisotopic (exact) mass is 391 g/mol. The number of aliphatic hydroxyl groups is 1. The Kier molecular flexibility index (Phi) is 4.59. The summed E-state index contributed by atoms with van der Waals surface area (Å²) in [7, 11) is 1.53. The Morgan fingerprint density at radius 2 is 1.97 bits per heavy atom. The van der Waals surface area contributed by atoms with Crippen LogP contribution in [0.4, 0.5) is 5.82 Å². The molecule has 29 heavy (non-hydrogen) atoms. The number of ketones is 1. The minimum atomic E-state index is -0.893. The van der Waals surface area contributed by atoms with E-state index < -0.39 is 17.7 Å². The number of ether oxygens (including phenoxy) is 1. The van der Waals surface area contributed by atoms with Crippen molar-refractivity contribution < 1.29 is 24.0 Å². The fraction of sp³-hybridized carbons (Fsp3) is 0.143. The molecule has 1 aromatic carbocycles. The number of hydrogen-bond donors (Lipinski definition) is 1. The normalized spacial score (nSPS) is 18.3. The van der Waals surface area contributed by atoms with Crippen molar-refractivity contribution in [3.63, 3.8) is 0 Å². The van der Waals surface area contributed by atoms with Crippen LogP contribution < -0.4 is 9.64 Å². The number of rotatable bonds is 4. The fourth-order valence-electron chi connectivity index (χ4n) is 3.29. The van der Waals surface area contributed by atoms with Gasteiger partial charge >= 0.3 is 5.91 Å². The lowest BCUT2D eigenvalue weighted by Crippen LogP contribution is -2.29. The second kappa shape index (κ2) is 7.23. The van der Waals surface area contributed by atoms with Crippen LogP contribution in [0.15, 0.2) is 65.0 Å². The summed E-state index contributed by atoms with van der Waals surface area (Å²) in [6, 6.07) is 10.6. The van der Waals surface area contributed by atoms with Gasteiger partial charge in [0.25, 0.3) is 5.78 Å². The first-order valence-electron chi connectivity index (χ1n) is 8.80. The highest BCUT2D eigenvalue weighted by Crippen LogP contribution is 2.41. The number of nitrogens with zero attached hydrogens (tertiary/aromatic N) is 3. The number of benzene rings is 1. The number of carbonyl (C=O) groups excluding carboxylic acids is 2. The van der Waals surface area contributed by atoms with E-state index in [1.807, 2.05) is 0 Å². The SMILES string of the molecule is COc1ccc(C(O)=C2C(=O)C(=O)N(c3cc(C)on3)C2c2cccnc2)cc1. The maximum Gasteiger partial charge on any atom is 0.301 e. The van der Waals surface area contributed by atoms with E-state index in [0.717, 1.165) is 0 Å². The predicted molar refractivity (Wildman–Crippen MR) is 103 cm³/mol. The largest absolute Gasteiger partial charge is 0.507 e. The molecule has 4 rings (SSSR count). The Bertz CT molecular complexity index is 1100. The van der Waals surface area contributed by atoms with Crippen molar-refractivity contribution >= 4 is 23.3 Å². The highest BCUT2D eigenvalue weighted by molar-refractivity contribution is 6.51. The lowest BCUT2D eigenvalue weighted by atomic mass is 9.96. The third kappa shape index (κ3) is 3.14. The van der Waals surface area contributed by atoms with Crippen molar-refractivity contribution in [2.75, 3.05) is 12.0 Å². The summed E-state index contributed by atoms with van der Waals surface area (Å²) in [4.78, 5) is 31.1. The van der Waals surface area contributed by atoms with Crippen LogP contribution in [0.5, 0.6) is 5.75 Å². The summed E-state index contributed by atoms with van der Waals surface area (Å²) in [5.74, 6) is -0.629. The quantitative estimate of drug-likeness (QED) is 0.414. The Labute approximate surface area is 166 Å². The molecule has 3 aromatic rings. The van der Waals surface area contributed by atoms with Crippen molar-refractivity contribution in [3.05, 3.63) is 77.3 Å². The van der Waals surface area contributed by atoms with Crippen LogP contribution >= 0.6 is 0 Å². The number of anilines is 1. The van der Waals surface area contributed by atoms with Crippen molar-refractivity contribution in [2.45, 2.75) is 13.0 Å². The van der Waals surface area contributed by atoms with Gasteiger partial charge in [0, 0.05) is 24.0 Å². The van der Waals surface area contributed by atoms with E-state index in [-0.39, 0.29) is 17.2 Å². The molecule has 1 fully saturated rings. The standard InChI is InChI=1S/C21H17N3O5/c1-12-10-16(23-29-12)24-18(14-4-3-9-22-11-14)17(20(26)21(24)27)19(25)13-5-7-15(28-2)8-6-13/h3-11,18,25H,1-2H3. The Morgan fingerprint density at radius 3 is 2.55 bits per heavy atom. The summed E-state index contributed by atoms with van der Waals surface area (Å²) in [6.07, 6.45) is 3.12. The lowest BCUT2D eigenvalue weighted by Gasteiger charge is -2.22. The van der Waals surface area contributed by atoms with Crippen LogP contribution in [-0.2, 0) is 9.59 Å². The van der Waals surface area contributed by atoms with Crippen LogP contribution in [0, 0.1) is 6.92 Å². The molecule has 1 aliphatic rings. The summed E-state index contributed by atoms with van der Waals surface area (Å²) in [5, 5.41) is 14.8.